The van der Waals surface area contributed by atoms with Gasteiger partial charge in [-0.05, 0) is 49.7 Å². The second-order valence-corrected chi connectivity index (χ2v) is 7.67. The molecule has 1 aliphatic heterocycles. The maximum atomic E-state index is 12.9. The van der Waals surface area contributed by atoms with Gasteiger partial charge in [-0.25, -0.2) is 0 Å². The second-order valence-electron chi connectivity index (χ2n) is 7.67. The number of primary amides is 1. The number of carbonyl (C=O) groups excluding carboxylic acids is 1. The molecule has 2 unspecified atom stereocenters. The fraction of sp³-hybridized carbons (Fsp3) is 0.619. The summed E-state index contributed by atoms with van der Waals surface area (Å²) in [7, 11) is 0. The van der Waals surface area contributed by atoms with Crippen LogP contribution >= 0.6 is 24.0 Å². The van der Waals surface area contributed by atoms with Crippen molar-refractivity contribution in [1.29, 1.82) is 0 Å². The first kappa shape index (κ1) is 26.5. The molecule has 2 atom stereocenters. The Morgan fingerprint density at radius 2 is 2.13 bits per heavy atom. The zero-order valence-electron chi connectivity index (χ0n) is 17.5. The van der Waals surface area contributed by atoms with Crippen LogP contribution in [0.4, 0.5) is 13.2 Å². The predicted molar refractivity (Wildman–Crippen MR) is 124 cm³/mol. The van der Waals surface area contributed by atoms with Crippen LogP contribution in [0.3, 0.4) is 0 Å². The number of alkyl halides is 3. The van der Waals surface area contributed by atoms with Gasteiger partial charge < -0.3 is 16.0 Å². The normalized spacial score (nSPS) is 18.5. The van der Waals surface area contributed by atoms with Crippen molar-refractivity contribution in [3.63, 3.8) is 0 Å². The fourth-order valence-electron chi connectivity index (χ4n) is 3.69. The van der Waals surface area contributed by atoms with Crippen LogP contribution in [0.15, 0.2) is 29.3 Å². The van der Waals surface area contributed by atoms with Crippen molar-refractivity contribution in [3.8, 4) is 0 Å². The largest absolute Gasteiger partial charge is 0.416 e. The van der Waals surface area contributed by atoms with Crippen LogP contribution in [-0.4, -0.2) is 42.9 Å². The highest BCUT2D eigenvalue weighted by Gasteiger charge is 2.30. The minimum Gasteiger partial charge on any atom is -0.370 e. The van der Waals surface area contributed by atoms with Crippen LogP contribution in [0.2, 0.25) is 0 Å². The summed E-state index contributed by atoms with van der Waals surface area (Å²) in [6.45, 7) is 6.74. The smallest absolute Gasteiger partial charge is 0.370 e. The number of likely N-dealkylation sites (tertiary alicyclic amines) is 1. The lowest BCUT2D eigenvalue weighted by atomic mass is 9.95. The van der Waals surface area contributed by atoms with Gasteiger partial charge in [-0.1, -0.05) is 25.1 Å². The average molecular weight is 540 g/mol. The average Bonchev–Trinajstić information content (AvgIpc) is 2.66. The molecular formula is C21H32F3IN4O. The Hall–Kier alpha value is -1.52. The molecule has 30 heavy (non-hydrogen) atoms. The van der Waals surface area contributed by atoms with Gasteiger partial charge in [0.1, 0.15) is 0 Å². The number of aliphatic imine (C=N–C) groups is 1. The van der Waals surface area contributed by atoms with E-state index in [9.17, 15) is 18.0 Å². The fourth-order valence-corrected chi connectivity index (χ4v) is 3.69. The molecule has 0 bridgehead atoms. The molecule has 0 spiro atoms. The summed E-state index contributed by atoms with van der Waals surface area (Å²) in [5.74, 6) is 0.702. The van der Waals surface area contributed by atoms with Gasteiger partial charge in [0.25, 0.3) is 0 Å². The molecule has 0 aliphatic carbocycles. The number of carbonyl (C=O) groups is 1. The molecule has 5 nitrogen and oxygen atoms in total. The third-order valence-electron chi connectivity index (χ3n) is 5.25. The Morgan fingerprint density at radius 3 is 2.77 bits per heavy atom. The molecule has 1 amide bonds. The number of hydrogen-bond acceptors (Lipinski definition) is 2. The Bertz CT molecular complexity index is 712. The summed E-state index contributed by atoms with van der Waals surface area (Å²) in [4.78, 5) is 18.1. The highest BCUT2D eigenvalue weighted by Crippen LogP contribution is 2.31. The molecule has 3 N–H and O–H groups in total. The van der Waals surface area contributed by atoms with Crippen molar-refractivity contribution < 1.29 is 18.0 Å². The van der Waals surface area contributed by atoms with E-state index in [2.05, 4.69) is 15.2 Å². The van der Waals surface area contributed by atoms with Crippen LogP contribution in [0.1, 0.15) is 56.6 Å². The number of benzene rings is 1. The van der Waals surface area contributed by atoms with E-state index in [4.69, 9.17) is 5.73 Å². The maximum Gasteiger partial charge on any atom is 0.416 e. The van der Waals surface area contributed by atoms with Gasteiger partial charge >= 0.3 is 6.18 Å². The molecule has 1 aromatic rings. The van der Waals surface area contributed by atoms with E-state index in [0.29, 0.717) is 24.9 Å². The molecule has 2 rings (SSSR count). The lowest BCUT2D eigenvalue weighted by molar-refractivity contribution is -0.137. The molecule has 1 aliphatic rings. The number of nitrogens with one attached hydrogen (secondary N) is 1. The molecule has 0 radical (unpaired) electrons. The molecule has 1 heterocycles. The first-order valence-corrected chi connectivity index (χ1v) is 10.2. The number of amides is 1. The van der Waals surface area contributed by atoms with E-state index in [1.807, 2.05) is 13.8 Å². The Kier molecular flexibility index (Phi) is 10.9. The van der Waals surface area contributed by atoms with Crippen molar-refractivity contribution in [2.75, 3.05) is 26.2 Å². The first-order valence-electron chi connectivity index (χ1n) is 10.2. The summed E-state index contributed by atoms with van der Waals surface area (Å²) in [5.41, 5.74) is 5.38. The van der Waals surface area contributed by atoms with Gasteiger partial charge in [-0.2, -0.15) is 13.2 Å². The second kappa shape index (κ2) is 12.4. The van der Waals surface area contributed by atoms with Crippen molar-refractivity contribution in [2.24, 2.45) is 16.6 Å². The zero-order chi connectivity index (χ0) is 21.4. The highest BCUT2D eigenvalue weighted by molar-refractivity contribution is 14.0. The SMILES string of the molecule is CCNC(=NCCC(C)c1cccc(C(F)(F)F)c1)N1CCCC(CC(N)=O)C1.I. The van der Waals surface area contributed by atoms with Crippen molar-refractivity contribution in [3.05, 3.63) is 35.4 Å². The van der Waals surface area contributed by atoms with E-state index < -0.39 is 11.7 Å². The highest BCUT2D eigenvalue weighted by atomic mass is 127. The molecule has 0 aromatic heterocycles. The predicted octanol–water partition coefficient (Wildman–Crippen LogP) is 4.37. The third kappa shape index (κ3) is 8.31. The van der Waals surface area contributed by atoms with Gasteiger partial charge in [0.15, 0.2) is 5.96 Å². The van der Waals surface area contributed by atoms with E-state index in [1.165, 1.54) is 12.1 Å². The maximum absolute atomic E-state index is 12.9. The van der Waals surface area contributed by atoms with Crippen LogP contribution < -0.4 is 11.1 Å². The minimum absolute atomic E-state index is 0. The quantitative estimate of drug-likeness (QED) is 0.307. The summed E-state index contributed by atoms with van der Waals surface area (Å²) >= 11 is 0. The molecule has 0 saturated carbocycles. The molecule has 1 aromatic carbocycles. The third-order valence-corrected chi connectivity index (χ3v) is 5.25. The lowest BCUT2D eigenvalue weighted by Crippen LogP contribution is -2.47. The summed E-state index contributed by atoms with van der Waals surface area (Å²) in [5, 5.41) is 3.28. The van der Waals surface area contributed by atoms with Crippen molar-refractivity contribution >= 4 is 35.8 Å². The Labute approximate surface area is 193 Å². The molecule has 1 fully saturated rings. The van der Waals surface area contributed by atoms with Crippen LogP contribution in [0.25, 0.3) is 0 Å². The summed E-state index contributed by atoms with van der Waals surface area (Å²) in [6.07, 6.45) is -1.35. The lowest BCUT2D eigenvalue weighted by Gasteiger charge is -2.34. The first-order chi connectivity index (χ1) is 13.7. The van der Waals surface area contributed by atoms with E-state index in [1.54, 1.807) is 6.07 Å². The molecule has 170 valence electrons. The van der Waals surface area contributed by atoms with Gasteiger partial charge in [0, 0.05) is 32.6 Å². The van der Waals surface area contributed by atoms with Gasteiger partial charge in [-0.3, -0.25) is 9.79 Å². The van der Waals surface area contributed by atoms with Gasteiger partial charge in [0.2, 0.25) is 5.91 Å². The number of guanidine groups is 1. The van der Waals surface area contributed by atoms with Crippen LogP contribution in [0, 0.1) is 5.92 Å². The molecule has 9 heteroatoms. The zero-order valence-corrected chi connectivity index (χ0v) is 19.9. The Morgan fingerprint density at radius 1 is 1.40 bits per heavy atom. The molecule has 1 saturated heterocycles. The number of piperidine rings is 1. The number of nitrogens with zero attached hydrogens (tertiary/aromatic N) is 2. The minimum atomic E-state index is -4.33. The Balaban J connectivity index is 0.00000450. The van der Waals surface area contributed by atoms with Crippen molar-refractivity contribution in [2.45, 2.75) is 51.6 Å². The van der Waals surface area contributed by atoms with Crippen LogP contribution in [-0.2, 0) is 11.0 Å². The monoisotopic (exact) mass is 540 g/mol. The van der Waals surface area contributed by atoms with Gasteiger partial charge in [-0.15, -0.1) is 24.0 Å². The topological polar surface area (TPSA) is 70.7 Å². The number of rotatable bonds is 7. The number of nitrogens with two attached hydrogens (primary N) is 1. The number of hydrogen-bond donors (Lipinski definition) is 2. The standard InChI is InChI=1S/C21H31F3N4O.HI/c1-3-26-20(28-11-5-6-16(14-28)12-19(25)29)27-10-9-15(2)17-7-4-8-18(13-17)21(22,23)24;/h4,7-8,13,15-16H,3,5-6,9-12,14H2,1-2H3,(H2,25,29)(H,26,27);1H. The van der Waals surface area contributed by atoms with Gasteiger partial charge in [0.05, 0.1) is 5.56 Å². The van der Waals surface area contributed by atoms with Crippen molar-refractivity contribution in [1.82, 2.24) is 10.2 Å². The van der Waals surface area contributed by atoms with E-state index >= 15 is 0 Å². The summed E-state index contributed by atoms with van der Waals surface area (Å²) < 4.78 is 38.8. The molecular weight excluding hydrogens is 508 g/mol. The van der Waals surface area contributed by atoms with E-state index in [0.717, 1.165) is 44.5 Å². The number of halogens is 4. The van der Waals surface area contributed by atoms with E-state index in [-0.39, 0.29) is 41.7 Å². The summed E-state index contributed by atoms with van der Waals surface area (Å²) in [6, 6.07) is 5.50. The van der Waals surface area contributed by atoms with Crippen LogP contribution in [0.5, 0.6) is 0 Å².